The SMILES string of the molecule is COC(=O)CCn1c(=NC(=O)c2cccc(OC)c2OC)sc2cc3c(cc21)OCCO3. The number of aryl methyl sites for hydroxylation is 1. The first-order valence-electron chi connectivity index (χ1n) is 9.85. The molecule has 0 aliphatic carbocycles. The van der Waals surface area contributed by atoms with Gasteiger partial charge in [0.15, 0.2) is 27.8 Å². The Morgan fingerprint density at radius 3 is 2.53 bits per heavy atom. The monoisotopic (exact) mass is 458 g/mol. The van der Waals surface area contributed by atoms with Crippen molar-refractivity contribution >= 4 is 33.4 Å². The third-order valence-corrected chi connectivity index (χ3v) is 5.99. The molecule has 3 aromatic rings. The van der Waals surface area contributed by atoms with E-state index in [1.807, 2.05) is 12.1 Å². The van der Waals surface area contributed by atoms with Gasteiger partial charge in [-0.15, -0.1) is 0 Å². The number of ether oxygens (including phenoxy) is 5. The summed E-state index contributed by atoms with van der Waals surface area (Å²) < 4.78 is 29.5. The zero-order valence-electron chi connectivity index (χ0n) is 17.9. The Labute approximate surface area is 187 Å². The Balaban J connectivity index is 1.84. The van der Waals surface area contributed by atoms with Gasteiger partial charge in [0, 0.05) is 18.7 Å². The lowest BCUT2D eigenvalue weighted by Gasteiger charge is -2.18. The van der Waals surface area contributed by atoms with E-state index in [1.54, 1.807) is 22.8 Å². The van der Waals surface area contributed by atoms with Gasteiger partial charge in [0.05, 0.1) is 43.5 Å². The minimum atomic E-state index is -0.489. The second kappa shape index (κ2) is 9.31. The van der Waals surface area contributed by atoms with Crippen molar-refractivity contribution in [2.45, 2.75) is 13.0 Å². The third-order valence-electron chi connectivity index (χ3n) is 4.94. The topological polar surface area (TPSA) is 97.6 Å². The van der Waals surface area contributed by atoms with Crippen LogP contribution >= 0.6 is 11.3 Å². The van der Waals surface area contributed by atoms with Gasteiger partial charge in [0.2, 0.25) is 0 Å². The molecule has 32 heavy (non-hydrogen) atoms. The summed E-state index contributed by atoms with van der Waals surface area (Å²) in [6.07, 6.45) is 0.126. The molecule has 0 saturated heterocycles. The normalized spacial score (nSPS) is 13.2. The molecule has 0 N–H and O–H groups in total. The number of carbonyl (C=O) groups is 2. The number of methoxy groups -OCH3 is 3. The van der Waals surface area contributed by atoms with Gasteiger partial charge in [-0.25, -0.2) is 0 Å². The van der Waals surface area contributed by atoms with E-state index < -0.39 is 5.91 Å². The van der Waals surface area contributed by atoms with Crippen LogP contribution < -0.4 is 23.7 Å². The van der Waals surface area contributed by atoms with Crippen molar-refractivity contribution in [1.29, 1.82) is 0 Å². The van der Waals surface area contributed by atoms with Crippen LogP contribution in [0.2, 0.25) is 0 Å². The predicted molar refractivity (Wildman–Crippen MR) is 117 cm³/mol. The summed E-state index contributed by atoms with van der Waals surface area (Å²) in [5.74, 6) is 1.14. The molecule has 9 nitrogen and oxygen atoms in total. The molecule has 168 valence electrons. The number of hydrogen-bond donors (Lipinski definition) is 0. The minimum Gasteiger partial charge on any atom is -0.493 e. The van der Waals surface area contributed by atoms with E-state index in [9.17, 15) is 9.59 Å². The van der Waals surface area contributed by atoms with Crippen LogP contribution in [0.5, 0.6) is 23.0 Å². The first-order valence-corrected chi connectivity index (χ1v) is 10.7. The van der Waals surface area contributed by atoms with Crippen molar-refractivity contribution in [2.24, 2.45) is 4.99 Å². The molecule has 0 spiro atoms. The van der Waals surface area contributed by atoms with Gasteiger partial charge in [-0.3, -0.25) is 9.59 Å². The lowest BCUT2D eigenvalue weighted by molar-refractivity contribution is -0.140. The first kappa shape index (κ1) is 21.7. The van der Waals surface area contributed by atoms with Crippen molar-refractivity contribution in [3.8, 4) is 23.0 Å². The molecule has 10 heteroatoms. The Morgan fingerprint density at radius 1 is 1.09 bits per heavy atom. The van der Waals surface area contributed by atoms with Crippen LogP contribution in [0.3, 0.4) is 0 Å². The lowest BCUT2D eigenvalue weighted by Crippen LogP contribution is -2.20. The molecule has 1 aliphatic heterocycles. The van der Waals surface area contributed by atoms with Crippen LogP contribution in [0.4, 0.5) is 0 Å². The van der Waals surface area contributed by atoms with Crippen LogP contribution in [0.25, 0.3) is 10.2 Å². The fraction of sp³-hybridized carbons (Fsp3) is 0.318. The maximum atomic E-state index is 13.1. The molecule has 2 heterocycles. The van der Waals surface area contributed by atoms with Gasteiger partial charge in [-0.05, 0) is 12.1 Å². The number of aromatic nitrogens is 1. The molecular weight excluding hydrogens is 436 g/mol. The number of nitrogens with zero attached hydrogens (tertiary/aromatic N) is 2. The molecule has 4 rings (SSSR count). The summed E-state index contributed by atoms with van der Waals surface area (Å²) in [5, 5.41) is 0. The number of carbonyl (C=O) groups excluding carboxylic acids is 2. The number of benzene rings is 2. The number of thiazole rings is 1. The molecular formula is C22H22N2O7S. The third kappa shape index (κ3) is 4.13. The molecule has 1 aliphatic rings. The summed E-state index contributed by atoms with van der Waals surface area (Å²) in [6, 6.07) is 8.73. The Hall–Kier alpha value is -3.53. The quantitative estimate of drug-likeness (QED) is 0.524. The number of rotatable bonds is 6. The van der Waals surface area contributed by atoms with Gasteiger partial charge in [0.1, 0.15) is 13.2 Å². The van der Waals surface area contributed by atoms with Crippen LogP contribution in [0.15, 0.2) is 35.3 Å². The zero-order valence-corrected chi connectivity index (χ0v) is 18.7. The summed E-state index contributed by atoms with van der Waals surface area (Å²) in [6.45, 7) is 1.21. The number of hydrogen-bond acceptors (Lipinski definition) is 8. The highest BCUT2D eigenvalue weighted by Gasteiger charge is 2.19. The Morgan fingerprint density at radius 2 is 1.84 bits per heavy atom. The van der Waals surface area contributed by atoms with Gasteiger partial charge in [0.25, 0.3) is 5.91 Å². The second-order valence-corrected chi connectivity index (χ2v) is 7.79. The van der Waals surface area contributed by atoms with E-state index in [0.29, 0.717) is 41.0 Å². The molecule has 1 amide bonds. The molecule has 0 unspecified atom stereocenters. The molecule has 1 aromatic heterocycles. The van der Waals surface area contributed by atoms with Gasteiger partial charge >= 0.3 is 5.97 Å². The van der Waals surface area contributed by atoms with Crippen molar-refractivity contribution in [2.75, 3.05) is 34.5 Å². The average Bonchev–Trinajstić information content (AvgIpc) is 3.15. The first-order chi connectivity index (χ1) is 15.5. The molecule has 0 fully saturated rings. The number of para-hydroxylation sites is 1. The number of fused-ring (bicyclic) bond motifs is 2. The van der Waals surface area contributed by atoms with Crippen LogP contribution in [0, 0.1) is 0 Å². The fourth-order valence-corrected chi connectivity index (χ4v) is 4.48. The maximum Gasteiger partial charge on any atom is 0.307 e. The van der Waals surface area contributed by atoms with Crippen molar-refractivity contribution < 1.29 is 33.3 Å². The smallest absolute Gasteiger partial charge is 0.307 e. The predicted octanol–water partition coefficient (Wildman–Crippen LogP) is 2.80. The largest absolute Gasteiger partial charge is 0.493 e. The molecule has 0 radical (unpaired) electrons. The van der Waals surface area contributed by atoms with Gasteiger partial charge in [-0.1, -0.05) is 17.4 Å². The highest BCUT2D eigenvalue weighted by molar-refractivity contribution is 7.16. The fourth-order valence-electron chi connectivity index (χ4n) is 3.42. The van der Waals surface area contributed by atoms with Crippen molar-refractivity contribution in [3.63, 3.8) is 0 Å². The standard InChI is InChI=1S/C22H22N2O7S/c1-27-15-6-4-5-13(20(15)29-3)21(26)23-22-24(8-7-19(25)28-2)14-11-16-17(12-18(14)32-22)31-10-9-30-16/h4-6,11-12H,7-10H2,1-3H3. The molecule has 2 aromatic carbocycles. The second-order valence-electron chi connectivity index (χ2n) is 6.78. The summed E-state index contributed by atoms with van der Waals surface area (Å²) in [4.78, 5) is 29.7. The Bertz CT molecular complexity index is 1250. The van der Waals surface area contributed by atoms with E-state index >= 15 is 0 Å². The van der Waals surface area contributed by atoms with Gasteiger partial charge < -0.3 is 28.3 Å². The van der Waals surface area contributed by atoms with Crippen LogP contribution in [-0.2, 0) is 16.1 Å². The van der Waals surface area contributed by atoms with Crippen molar-refractivity contribution in [3.05, 3.63) is 40.7 Å². The highest BCUT2D eigenvalue weighted by atomic mass is 32.1. The Kier molecular flexibility index (Phi) is 6.31. The molecule has 0 saturated carbocycles. The van der Waals surface area contributed by atoms with Crippen molar-refractivity contribution in [1.82, 2.24) is 4.57 Å². The van der Waals surface area contributed by atoms with E-state index in [1.165, 1.54) is 32.7 Å². The van der Waals surface area contributed by atoms with E-state index in [-0.39, 0.29) is 24.5 Å². The van der Waals surface area contributed by atoms with Crippen LogP contribution in [0.1, 0.15) is 16.8 Å². The highest BCUT2D eigenvalue weighted by Crippen LogP contribution is 2.36. The number of esters is 1. The van der Waals surface area contributed by atoms with Crippen LogP contribution in [-0.4, -0.2) is 51.0 Å². The summed E-state index contributed by atoms with van der Waals surface area (Å²) >= 11 is 1.32. The van der Waals surface area contributed by atoms with E-state index in [4.69, 9.17) is 23.7 Å². The number of amides is 1. The molecule has 0 atom stereocenters. The van der Waals surface area contributed by atoms with E-state index in [0.717, 1.165) is 10.2 Å². The average molecular weight is 458 g/mol. The van der Waals surface area contributed by atoms with E-state index in [2.05, 4.69) is 4.99 Å². The lowest BCUT2D eigenvalue weighted by atomic mass is 10.2. The minimum absolute atomic E-state index is 0.126. The summed E-state index contributed by atoms with van der Waals surface area (Å²) in [5.41, 5.74) is 1.06. The molecule has 0 bridgehead atoms. The summed E-state index contributed by atoms with van der Waals surface area (Å²) in [7, 11) is 4.31. The maximum absolute atomic E-state index is 13.1. The van der Waals surface area contributed by atoms with Gasteiger partial charge in [-0.2, -0.15) is 4.99 Å². The zero-order chi connectivity index (χ0) is 22.7.